The fourth-order valence-electron chi connectivity index (χ4n) is 10.2. The van der Waals surface area contributed by atoms with Crippen LogP contribution in [0.2, 0.25) is 0 Å². The standard InChI is InChI=1S/C66H70O19S8/c1-11-63(5,6)55-35-31-51(39-59(55)90(71,72)73)89(69,70)54-34-38-58(62(42-54)93(80,81)82)86-49-27-15-43(16-28-49)44-17-29-50(30-18-44)87-66(10,14-4)65(9,13-3)56-36-32-52(40-60(56)91(74,75)76)88(67,68)53-33-37-57(61(41-53)92(77,78)79)84-47-21-19-45(20-22-47)83-46-23-25-48(26-24-46)85-64(7,8)12-2/h15-42H,11-14H2,1-10H3,(H,71,72,73)(H,74,75,76)(H,77,78,79)(H,80,81,82)/t65-,66?/m1/s1. The summed E-state index contributed by atoms with van der Waals surface area (Å²) in [6.45, 7) is 18.7. The minimum atomic E-state index is -5.16. The first kappa shape index (κ1) is 72.2. The van der Waals surface area contributed by atoms with E-state index in [1.54, 1.807) is 81.4 Å². The van der Waals surface area contributed by atoms with Crippen LogP contribution < -0.4 is 14.2 Å². The van der Waals surface area contributed by atoms with Gasteiger partial charge in [-0.15, -0.1) is 11.8 Å². The summed E-state index contributed by atoms with van der Waals surface area (Å²) in [6.07, 6.45) is 1.97. The fraction of sp³-hybridized carbons (Fsp3) is 0.273. The highest BCUT2D eigenvalue weighted by atomic mass is 32.2. The molecule has 1 unspecified atom stereocenters. The number of thioether (sulfide) groups is 1. The number of hydrogen-bond acceptors (Lipinski definition) is 17. The second-order valence-electron chi connectivity index (χ2n) is 23.6. The van der Waals surface area contributed by atoms with E-state index >= 15 is 0 Å². The average molecular weight is 1420 g/mol. The van der Waals surface area contributed by atoms with Gasteiger partial charge in [0.2, 0.25) is 19.7 Å². The Balaban J connectivity index is 0.992. The molecular formula is C66H70O19S8. The molecule has 0 saturated carbocycles. The Bertz CT molecular complexity index is 4850. The summed E-state index contributed by atoms with van der Waals surface area (Å²) in [5.74, 6) is 1.24. The molecule has 0 aromatic heterocycles. The zero-order valence-corrected chi connectivity index (χ0v) is 58.7. The lowest BCUT2D eigenvalue weighted by molar-refractivity contribution is 0.105. The lowest BCUT2D eigenvalue weighted by atomic mass is 9.69. The molecule has 0 bridgehead atoms. The first-order chi connectivity index (χ1) is 43.1. The lowest BCUT2D eigenvalue weighted by Crippen LogP contribution is -2.45. The van der Waals surface area contributed by atoms with E-state index in [1.165, 1.54) is 54.2 Å². The quantitative estimate of drug-likeness (QED) is 0.0289. The minimum Gasteiger partial charge on any atom is -0.488 e. The molecule has 2 atom stereocenters. The normalized spacial score (nSPS) is 14.2. The van der Waals surface area contributed by atoms with Crippen LogP contribution in [0.4, 0.5) is 0 Å². The van der Waals surface area contributed by atoms with Gasteiger partial charge < -0.3 is 14.2 Å². The van der Waals surface area contributed by atoms with Crippen LogP contribution >= 0.6 is 23.5 Å². The average Bonchev–Trinajstić information content (AvgIpc) is 0.743. The number of hydrogen-bond donors (Lipinski definition) is 4. The Morgan fingerprint density at radius 3 is 1.19 bits per heavy atom. The van der Waals surface area contributed by atoms with E-state index in [-0.39, 0.29) is 27.4 Å². The number of sulfone groups is 2. The molecule has 0 amide bonds. The molecule has 0 aliphatic rings. The van der Waals surface area contributed by atoms with Gasteiger partial charge in [0.25, 0.3) is 40.5 Å². The largest absolute Gasteiger partial charge is 0.488 e. The van der Waals surface area contributed by atoms with Crippen molar-refractivity contribution in [2.45, 2.75) is 170 Å². The van der Waals surface area contributed by atoms with Crippen LogP contribution in [0.25, 0.3) is 11.1 Å². The van der Waals surface area contributed by atoms with Crippen molar-refractivity contribution >= 4 is 83.7 Å². The smallest absolute Gasteiger partial charge is 0.298 e. The molecule has 0 heterocycles. The van der Waals surface area contributed by atoms with Crippen LogP contribution in [0, 0.1) is 0 Å². The van der Waals surface area contributed by atoms with Crippen LogP contribution in [0.15, 0.2) is 224 Å². The molecule has 0 fully saturated rings. The molecule has 27 heteroatoms. The summed E-state index contributed by atoms with van der Waals surface area (Å²) in [5.41, 5.74) is -0.443. The van der Waals surface area contributed by atoms with Crippen molar-refractivity contribution in [1.82, 2.24) is 0 Å². The Hall–Kier alpha value is -6.60. The molecule has 4 N–H and O–H groups in total. The summed E-state index contributed by atoms with van der Waals surface area (Å²) in [4.78, 5) is -4.05. The van der Waals surface area contributed by atoms with E-state index in [1.807, 2.05) is 72.7 Å². The van der Waals surface area contributed by atoms with Crippen molar-refractivity contribution < 1.29 is 82.9 Å². The molecule has 0 aliphatic carbocycles. The fourth-order valence-corrected chi connectivity index (χ4v) is 18.8. The Kier molecular flexibility index (Phi) is 20.9. The predicted molar refractivity (Wildman–Crippen MR) is 355 cm³/mol. The van der Waals surface area contributed by atoms with Gasteiger partial charge in [-0.05, 0) is 208 Å². The number of benzene rings is 8. The second kappa shape index (κ2) is 26.9. The second-order valence-corrected chi connectivity index (χ2v) is 35.7. The molecule has 8 aromatic carbocycles. The van der Waals surface area contributed by atoms with Gasteiger partial charge in [0.1, 0.15) is 44.1 Å². The van der Waals surface area contributed by atoms with E-state index in [0.29, 0.717) is 47.5 Å². The SMILES string of the molecule is CCC(C)(C)Oc1ccc(Oc2ccc(Oc3ccc(S(=O)(=O)c4ccc([C@@](C)(CC)C(C)(CC)Sc5ccc(-c6ccc(Sc7ccc(S(=O)(=O)c8ccc(C(C)(C)CC)c(S(=O)(=O)O)c8)cc7S(=O)(=O)O)cc6)cc5)c(S(=O)(=O)O)c4)cc3S(=O)(=O)O)cc2)cc1. The minimum absolute atomic E-state index is 0.0235. The maximum Gasteiger partial charge on any atom is 0.298 e. The number of ether oxygens (including phenoxy) is 3. The third kappa shape index (κ3) is 16.0. The van der Waals surface area contributed by atoms with E-state index < -0.39 is 121 Å². The van der Waals surface area contributed by atoms with Gasteiger partial charge in [0.05, 0.1) is 29.4 Å². The molecule has 8 aromatic rings. The van der Waals surface area contributed by atoms with Crippen LogP contribution in [0.5, 0.6) is 28.7 Å². The zero-order valence-electron chi connectivity index (χ0n) is 52.2. The summed E-state index contributed by atoms with van der Waals surface area (Å²) in [6, 6.07) is 39.8. The Morgan fingerprint density at radius 1 is 0.376 bits per heavy atom. The maximum atomic E-state index is 14.4. The molecule has 93 heavy (non-hydrogen) atoms. The van der Waals surface area contributed by atoms with Crippen molar-refractivity contribution in [2.75, 3.05) is 0 Å². The Labute approximate surface area is 553 Å². The van der Waals surface area contributed by atoms with Gasteiger partial charge in [0, 0.05) is 24.8 Å². The zero-order chi connectivity index (χ0) is 68.7. The van der Waals surface area contributed by atoms with Gasteiger partial charge in [-0.2, -0.15) is 33.7 Å². The lowest BCUT2D eigenvalue weighted by Gasteiger charge is -2.46. The van der Waals surface area contributed by atoms with Crippen LogP contribution in [0.3, 0.4) is 0 Å². The van der Waals surface area contributed by atoms with Gasteiger partial charge in [-0.25, -0.2) is 16.8 Å². The molecule has 0 aliphatic heterocycles. The highest BCUT2D eigenvalue weighted by molar-refractivity contribution is 8.01. The van der Waals surface area contributed by atoms with Gasteiger partial charge in [-0.1, -0.05) is 96.6 Å². The van der Waals surface area contributed by atoms with Gasteiger partial charge in [0.15, 0.2) is 0 Å². The molecule has 8 rings (SSSR count). The third-order valence-corrected chi connectivity index (χ3v) is 26.8. The maximum absolute atomic E-state index is 14.4. The van der Waals surface area contributed by atoms with Crippen molar-refractivity contribution in [1.29, 1.82) is 0 Å². The van der Waals surface area contributed by atoms with Crippen molar-refractivity contribution in [3.05, 3.63) is 181 Å². The Morgan fingerprint density at radius 2 is 0.763 bits per heavy atom. The molecule has 0 spiro atoms. The highest BCUT2D eigenvalue weighted by Crippen LogP contribution is 2.53. The molecule has 19 nitrogen and oxygen atoms in total. The third-order valence-electron chi connectivity index (χ3n) is 16.8. The molecule has 0 radical (unpaired) electrons. The predicted octanol–water partition coefficient (Wildman–Crippen LogP) is 15.6. The van der Waals surface area contributed by atoms with Crippen molar-refractivity contribution in [3.8, 4) is 39.9 Å². The summed E-state index contributed by atoms with van der Waals surface area (Å²) >= 11 is 2.35. The van der Waals surface area contributed by atoms with E-state index in [0.717, 1.165) is 70.6 Å². The molecular weight excluding hydrogens is 1350 g/mol. The van der Waals surface area contributed by atoms with Crippen molar-refractivity contribution in [2.24, 2.45) is 0 Å². The summed E-state index contributed by atoms with van der Waals surface area (Å²) < 4.78 is 218. The highest BCUT2D eigenvalue weighted by Gasteiger charge is 2.47. The number of rotatable bonds is 26. The molecule has 496 valence electrons. The van der Waals surface area contributed by atoms with Crippen LogP contribution in [-0.2, 0) is 71.0 Å². The van der Waals surface area contributed by atoms with E-state index in [4.69, 9.17) is 14.2 Å². The summed E-state index contributed by atoms with van der Waals surface area (Å²) in [7, 11) is -29.6. The summed E-state index contributed by atoms with van der Waals surface area (Å²) in [5, 5.41) is 0. The topological polar surface area (TPSA) is 313 Å². The first-order valence-electron chi connectivity index (χ1n) is 28.9. The van der Waals surface area contributed by atoms with E-state index in [9.17, 15) is 68.7 Å². The van der Waals surface area contributed by atoms with Gasteiger partial charge >= 0.3 is 0 Å². The first-order valence-corrected chi connectivity index (χ1v) is 39.2. The van der Waals surface area contributed by atoms with Gasteiger partial charge in [-0.3, -0.25) is 18.2 Å². The van der Waals surface area contributed by atoms with E-state index in [2.05, 4.69) is 0 Å². The molecule has 0 saturated heterocycles. The monoisotopic (exact) mass is 1420 g/mol. The van der Waals surface area contributed by atoms with Crippen molar-refractivity contribution in [3.63, 3.8) is 0 Å². The van der Waals surface area contributed by atoms with Crippen LogP contribution in [-0.4, -0.2) is 79.1 Å². The van der Waals surface area contributed by atoms with Crippen LogP contribution in [0.1, 0.15) is 106 Å².